The zero-order valence-corrected chi connectivity index (χ0v) is 51.7. The quantitative estimate of drug-likeness (QED) is 0.0450. The monoisotopic (exact) mass is 1090 g/mol. The van der Waals surface area contributed by atoms with Gasteiger partial charge in [0.2, 0.25) is 22.8 Å². The number of hydrogen-bond acceptors (Lipinski definition) is 6. The van der Waals surface area contributed by atoms with Crippen molar-refractivity contribution >= 4 is 80.4 Å². The van der Waals surface area contributed by atoms with Crippen LogP contribution in [0.3, 0.4) is 0 Å². The van der Waals surface area contributed by atoms with Crippen LogP contribution in [0, 0.1) is 17.8 Å². The van der Waals surface area contributed by atoms with Gasteiger partial charge in [0.15, 0.2) is 0 Å². The van der Waals surface area contributed by atoms with Gasteiger partial charge in [0.1, 0.15) is 12.2 Å². The first-order valence-electron chi connectivity index (χ1n) is 30.4. The van der Waals surface area contributed by atoms with Crippen molar-refractivity contribution in [2.45, 2.75) is 234 Å². The van der Waals surface area contributed by atoms with E-state index < -0.39 is 5.97 Å². The molecule has 4 atom stereocenters. The van der Waals surface area contributed by atoms with E-state index in [0.717, 1.165) is 131 Å². The second-order valence-electron chi connectivity index (χ2n) is 24.2. The van der Waals surface area contributed by atoms with Crippen LogP contribution in [0.2, 0.25) is 0 Å². The van der Waals surface area contributed by atoms with Gasteiger partial charge in [0, 0.05) is 41.4 Å². The minimum atomic E-state index is -0.454. The van der Waals surface area contributed by atoms with Crippen molar-refractivity contribution in [3.8, 4) is 0 Å². The Kier molecular flexibility index (Phi) is 24.7. The van der Waals surface area contributed by atoms with Gasteiger partial charge in [-0.1, -0.05) is 149 Å². The average molecular weight is 1090 g/mol. The number of hydrogen-bond donors (Lipinski definition) is 1. The maximum atomic E-state index is 15.0. The Hall–Kier alpha value is -4.81. The summed E-state index contributed by atoms with van der Waals surface area (Å²) in [6, 6.07) is 6.59. The number of fused-ring (bicyclic) bond motifs is 8. The summed E-state index contributed by atoms with van der Waals surface area (Å²) in [5.41, 5.74) is 13.2. The van der Waals surface area contributed by atoms with E-state index in [9.17, 15) is 14.4 Å². The number of carbonyl (C=O) groups is 3. The minimum absolute atomic E-state index is 0. The number of aromatic amines is 2. The molecule has 11 nitrogen and oxygen atoms in total. The van der Waals surface area contributed by atoms with Gasteiger partial charge in [0.25, 0.3) is 5.91 Å². The largest absolute Gasteiger partial charge is 2.00 e. The molecule has 0 radical (unpaired) electrons. The van der Waals surface area contributed by atoms with Crippen molar-refractivity contribution in [2.24, 2.45) is 22.7 Å². The number of aliphatic imine (C=N–C) groups is 1. The third kappa shape index (κ3) is 17.1. The van der Waals surface area contributed by atoms with Gasteiger partial charge in [-0.25, -0.2) is 9.97 Å². The molecule has 0 aromatic carbocycles. The number of rotatable bonds is 25. The Morgan fingerprint density at radius 1 is 0.797 bits per heavy atom. The molecule has 5 heterocycles. The topological polar surface area (TPSA) is 151 Å². The maximum absolute atomic E-state index is 15.0. The first-order chi connectivity index (χ1) is 37.6. The van der Waals surface area contributed by atoms with E-state index >= 15 is 0 Å². The molecule has 8 bridgehead atoms. The fourth-order valence-electron chi connectivity index (χ4n) is 12.6. The number of nitrogens with one attached hydrogen (secondary N) is 3. The molecule has 2 fully saturated rings. The normalized spacial score (nSPS) is 18.6. The van der Waals surface area contributed by atoms with Gasteiger partial charge in [-0.05, 0) is 132 Å². The average Bonchev–Trinajstić information content (AvgIpc) is 4.17. The van der Waals surface area contributed by atoms with Crippen LogP contribution in [0.15, 0.2) is 47.5 Å². The molecule has 12 heteroatoms. The molecule has 2 aromatic rings. The summed E-state index contributed by atoms with van der Waals surface area (Å²) in [4.78, 5) is 65.9. The Morgan fingerprint density at radius 2 is 1.44 bits per heavy atom. The van der Waals surface area contributed by atoms with Crippen molar-refractivity contribution < 1.29 is 33.8 Å². The van der Waals surface area contributed by atoms with E-state index in [4.69, 9.17) is 24.4 Å². The Bertz CT molecular complexity index is 2780. The fraction of sp³-hybridized carbons (Fsp3) is 0.612. The molecule has 1 amide bonds. The number of aryl methyl sites for hydroxylation is 1. The first kappa shape index (κ1) is 63.4. The molecule has 3 N–H and O–H groups in total. The van der Waals surface area contributed by atoms with E-state index in [0.29, 0.717) is 41.3 Å². The number of methoxy groups -OCH3 is 1. The van der Waals surface area contributed by atoms with Gasteiger partial charge in [-0.2, -0.15) is 0 Å². The smallest absolute Gasteiger partial charge is 0.664 e. The van der Waals surface area contributed by atoms with Crippen molar-refractivity contribution in [3.05, 3.63) is 93.4 Å². The van der Waals surface area contributed by atoms with Crippen molar-refractivity contribution in [2.75, 3.05) is 13.7 Å². The van der Waals surface area contributed by atoms with E-state index in [-0.39, 0.29) is 78.3 Å². The molecule has 0 spiro atoms. The SMILES string of the molecule is C=CC1=C(C)c2cc3[n-]c(c(CC(=O)OC)c4[nH+]c(cc5[n-]c(cc1[nH+]2)c(C=NC1CCCCC1)c5CC)C(C)=C4C(=O)NC1CCCCC1)C(CCC(=O)OC/C=C(\C)CCCC(C)CCCC(C)CCCC(C)C)C3C.[Mg+2]. The molecule has 5 aliphatic rings. The van der Waals surface area contributed by atoms with Crippen molar-refractivity contribution in [1.82, 2.24) is 15.3 Å². The molecule has 79 heavy (non-hydrogen) atoms. The summed E-state index contributed by atoms with van der Waals surface area (Å²) in [7, 11) is 1.39. The van der Waals surface area contributed by atoms with Crippen LogP contribution in [0.4, 0.5) is 0 Å². The summed E-state index contributed by atoms with van der Waals surface area (Å²) in [5, 5.41) is 3.41. The predicted molar refractivity (Wildman–Crippen MR) is 323 cm³/mol. The van der Waals surface area contributed by atoms with Gasteiger partial charge in [-0.15, -0.1) is 22.4 Å². The number of H-pyrrole nitrogens is 2. The molecule has 4 unspecified atom stereocenters. The zero-order valence-electron chi connectivity index (χ0n) is 50.3. The minimum Gasteiger partial charge on any atom is -0.664 e. The van der Waals surface area contributed by atoms with Crippen LogP contribution in [0.5, 0.6) is 0 Å². The fourth-order valence-corrected chi connectivity index (χ4v) is 12.6. The molecule has 0 saturated heterocycles. The number of allylic oxidation sites excluding steroid dienone is 5. The van der Waals surface area contributed by atoms with Gasteiger partial charge in [-0.3, -0.25) is 19.4 Å². The summed E-state index contributed by atoms with van der Waals surface area (Å²) in [6.07, 6.45) is 29.4. The van der Waals surface area contributed by atoms with Crippen LogP contribution in [0.1, 0.15) is 260 Å². The molecule has 3 aliphatic heterocycles. The number of aromatic nitrogens is 4. The van der Waals surface area contributed by atoms with Crippen LogP contribution in [-0.2, 0) is 36.7 Å². The predicted octanol–water partition coefficient (Wildman–Crippen LogP) is 13.9. The second kappa shape index (κ2) is 30.8. The number of nitrogens with zero attached hydrogens (tertiary/aromatic N) is 3. The molecule has 424 valence electrons. The van der Waals surface area contributed by atoms with Crippen LogP contribution < -0.4 is 25.3 Å². The van der Waals surface area contributed by atoms with Crippen LogP contribution in [-0.4, -0.2) is 72.9 Å². The van der Waals surface area contributed by atoms with Crippen molar-refractivity contribution in [1.29, 1.82) is 0 Å². The van der Waals surface area contributed by atoms with Crippen molar-refractivity contribution in [3.63, 3.8) is 0 Å². The van der Waals surface area contributed by atoms with Crippen LogP contribution >= 0.6 is 0 Å². The Balaban J connectivity index is 0.0000101. The molecule has 7 rings (SSSR count). The first-order valence-corrected chi connectivity index (χ1v) is 30.4. The molecule has 2 aliphatic carbocycles. The number of amides is 1. The molecular weight excluding hydrogens is 993 g/mol. The number of carbonyl (C=O) groups excluding carboxylic acids is 3. The number of ether oxygens (including phenoxy) is 2. The van der Waals surface area contributed by atoms with E-state index in [2.05, 4.69) is 108 Å². The maximum Gasteiger partial charge on any atom is 2.00 e. The van der Waals surface area contributed by atoms with Gasteiger partial charge >= 0.3 is 35.0 Å². The van der Waals surface area contributed by atoms with Gasteiger partial charge < -0.3 is 24.8 Å². The molecule has 2 aromatic heterocycles. The standard InChI is InChI=1S/C67H95N6O5.Mg/c1-12-51-46(8)56-38-57-47(9)53(33-34-62(74)78-36-35-45(7)28-22-27-44(6)26-21-25-43(5)24-20-23-42(3)4)65(72-57)54(37-63(75)77-11)66-64(67(76)69-50-31-18-15-19-32-50)48(10)58(73-66)39-60-52(13-2)55(61(71-60)40-59(51)70-56)41-68-49-29-16-14-17-30-49;/h12,35,38-44,47,49-50,53H,1,13-34,36-37H2,2-11H3,(H2-,68,69,70,71,72,73,76);/q-1;+2/p+1/b45-35+;. The van der Waals surface area contributed by atoms with E-state index in [1.54, 1.807) is 0 Å². The van der Waals surface area contributed by atoms with Crippen LogP contribution in [0.25, 0.3) is 33.3 Å². The molecule has 2 saturated carbocycles. The summed E-state index contributed by atoms with van der Waals surface area (Å²) >= 11 is 0. The zero-order chi connectivity index (χ0) is 55.9. The number of esters is 2. The second-order valence-corrected chi connectivity index (χ2v) is 24.2. The third-order valence-corrected chi connectivity index (χ3v) is 17.7. The Morgan fingerprint density at radius 3 is 2.10 bits per heavy atom. The third-order valence-electron chi connectivity index (χ3n) is 17.7. The van der Waals surface area contributed by atoms with E-state index in [1.165, 1.54) is 76.9 Å². The van der Waals surface area contributed by atoms with Gasteiger partial charge in [0.05, 0.1) is 19.1 Å². The summed E-state index contributed by atoms with van der Waals surface area (Å²) in [6.45, 7) is 24.4. The molecular formula is C67H96MgN6O5+2. The van der Waals surface area contributed by atoms with E-state index in [1.807, 2.05) is 13.0 Å². The Labute approximate surface area is 490 Å². The summed E-state index contributed by atoms with van der Waals surface area (Å²) < 4.78 is 11.3. The summed E-state index contributed by atoms with van der Waals surface area (Å²) in [5.74, 6) is 0.922.